The third kappa shape index (κ3) is 3.79. The highest BCUT2D eigenvalue weighted by molar-refractivity contribution is 5.92. The van der Waals surface area contributed by atoms with Gasteiger partial charge < -0.3 is 15.3 Å². The lowest BCUT2D eigenvalue weighted by molar-refractivity contribution is -0.129. The van der Waals surface area contributed by atoms with Crippen LogP contribution in [0.15, 0.2) is 54.6 Å². The van der Waals surface area contributed by atoms with E-state index in [1.54, 1.807) is 24.1 Å². The molecule has 0 radical (unpaired) electrons. The van der Waals surface area contributed by atoms with Crippen LogP contribution in [0.3, 0.4) is 0 Å². The first-order valence-electron chi connectivity index (χ1n) is 8.63. The Balaban J connectivity index is 1.62. The maximum Gasteiger partial charge on any atom is 0.321 e. The Labute approximate surface area is 153 Å². The monoisotopic (exact) mass is 353 g/mol. The highest BCUT2D eigenvalue weighted by Gasteiger charge is 2.34. The summed E-state index contributed by atoms with van der Waals surface area (Å²) in [5.41, 5.74) is 1.74. The van der Waals surface area contributed by atoms with E-state index in [2.05, 4.69) is 5.32 Å². The summed E-state index contributed by atoms with van der Waals surface area (Å²) >= 11 is 0. The van der Waals surface area contributed by atoms with Gasteiger partial charge in [-0.3, -0.25) is 9.69 Å². The van der Waals surface area contributed by atoms with E-state index in [-0.39, 0.29) is 29.8 Å². The van der Waals surface area contributed by atoms with Crippen molar-refractivity contribution in [2.24, 2.45) is 0 Å². The van der Waals surface area contributed by atoms with Crippen molar-refractivity contribution in [3.8, 4) is 5.75 Å². The number of carbonyl (C=O) groups is 2. The van der Waals surface area contributed by atoms with Crippen molar-refractivity contribution in [3.05, 3.63) is 60.2 Å². The zero-order chi connectivity index (χ0) is 18.7. The molecule has 6 heteroatoms. The van der Waals surface area contributed by atoms with Crippen molar-refractivity contribution >= 4 is 17.6 Å². The Hall–Kier alpha value is -3.02. The van der Waals surface area contributed by atoms with Crippen LogP contribution >= 0.6 is 0 Å². The number of nitrogens with one attached hydrogen (secondary N) is 1. The van der Waals surface area contributed by atoms with E-state index in [1.807, 2.05) is 37.3 Å². The van der Waals surface area contributed by atoms with Gasteiger partial charge in [0, 0.05) is 25.7 Å². The molecule has 26 heavy (non-hydrogen) atoms. The lowest BCUT2D eigenvalue weighted by Gasteiger charge is -2.26. The quantitative estimate of drug-likeness (QED) is 0.888. The van der Waals surface area contributed by atoms with Crippen LogP contribution in [0.2, 0.25) is 0 Å². The number of anilines is 1. The molecule has 1 aliphatic rings. The fourth-order valence-electron chi connectivity index (χ4n) is 3.18. The van der Waals surface area contributed by atoms with Crippen LogP contribution < -0.4 is 10.2 Å². The second-order valence-electron chi connectivity index (χ2n) is 6.56. The van der Waals surface area contributed by atoms with Crippen LogP contribution in [-0.4, -0.2) is 41.6 Å². The highest BCUT2D eigenvalue weighted by atomic mass is 16.3. The van der Waals surface area contributed by atoms with Gasteiger partial charge >= 0.3 is 6.03 Å². The molecule has 2 aromatic rings. The van der Waals surface area contributed by atoms with Gasteiger partial charge in [0.05, 0.1) is 12.1 Å². The van der Waals surface area contributed by atoms with Gasteiger partial charge in [0.25, 0.3) is 0 Å². The second-order valence-corrected chi connectivity index (χ2v) is 6.56. The number of urea groups is 1. The van der Waals surface area contributed by atoms with Gasteiger partial charge in [0.2, 0.25) is 5.91 Å². The van der Waals surface area contributed by atoms with E-state index >= 15 is 0 Å². The van der Waals surface area contributed by atoms with Crippen molar-refractivity contribution in [2.75, 3.05) is 18.5 Å². The molecule has 136 valence electrons. The molecule has 2 N–H and O–H groups in total. The van der Waals surface area contributed by atoms with Crippen LogP contribution in [0, 0.1) is 0 Å². The summed E-state index contributed by atoms with van der Waals surface area (Å²) in [5, 5.41) is 12.3. The minimum atomic E-state index is -0.275. The Kier molecular flexibility index (Phi) is 5.11. The van der Waals surface area contributed by atoms with Gasteiger partial charge in [-0.25, -0.2) is 4.79 Å². The van der Waals surface area contributed by atoms with Gasteiger partial charge in [-0.05, 0) is 36.8 Å². The number of rotatable bonds is 4. The minimum Gasteiger partial charge on any atom is -0.508 e. The molecule has 3 amide bonds. The molecule has 1 saturated heterocycles. The average Bonchev–Trinajstić information content (AvgIpc) is 3.02. The summed E-state index contributed by atoms with van der Waals surface area (Å²) in [6.45, 7) is 2.49. The fourth-order valence-corrected chi connectivity index (χ4v) is 3.18. The number of hydrogen-bond acceptors (Lipinski definition) is 3. The fraction of sp³-hybridized carbons (Fsp3) is 0.300. The minimum absolute atomic E-state index is 0.0274. The number of phenols is 1. The molecule has 2 unspecified atom stereocenters. The number of amides is 3. The largest absolute Gasteiger partial charge is 0.508 e. The zero-order valence-corrected chi connectivity index (χ0v) is 14.9. The number of hydrogen-bond donors (Lipinski definition) is 2. The molecule has 1 aliphatic heterocycles. The van der Waals surface area contributed by atoms with E-state index in [4.69, 9.17) is 0 Å². The second kappa shape index (κ2) is 7.47. The lowest BCUT2D eigenvalue weighted by atomic mass is 10.1. The maximum atomic E-state index is 12.5. The predicted molar refractivity (Wildman–Crippen MR) is 100 cm³/mol. The molecule has 6 nitrogen and oxygen atoms in total. The summed E-state index contributed by atoms with van der Waals surface area (Å²) < 4.78 is 0. The Morgan fingerprint density at radius 3 is 2.50 bits per heavy atom. The maximum absolute atomic E-state index is 12.5. The molecule has 3 rings (SSSR count). The first-order valence-corrected chi connectivity index (χ1v) is 8.63. The van der Waals surface area contributed by atoms with E-state index in [0.717, 1.165) is 5.56 Å². The molecule has 0 spiro atoms. The van der Waals surface area contributed by atoms with Crippen molar-refractivity contribution in [3.63, 3.8) is 0 Å². The molecule has 0 bridgehead atoms. The smallest absolute Gasteiger partial charge is 0.321 e. The van der Waals surface area contributed by atoms with Crippen LogP contribution in [0.5, 0.6) is 5.75 Å². The van der Waals surface area contributed by atoms with Crippen LogP contribution in [0.1, 0.15) is 24.9 Å². The summed E-state index contributed by atoms with van der Waals surface area (Å²) in [7, 11) is 1.66. The molecule has 0 aliphatic carbocycles. The van der Waals surface area contributed by atoms with Gasteiger partial charge in [-0.1, -0.05) is 30.3 Å². The molecule has 1 fully saturated rings. The molecular weight excluding hydrogens is 330 g/mol. The van der Waals surface area contributed by atoms with Crippen molar-refractivity contribution in [1.82, 2.24) is 10.2 Å². The summed E-state index contributed by atoms with van der Waals surface area (Å²) in [5.74, 6) is 0.188. The van der Waals surface area contributed by atoms with Crippen molar-refractivity contribution in [1.29, 1.82) is 0 Å². The highest BCUT2D eigenvalue weighted by Crippen LogP contribution is 2.26. The van der Waals surface area contributed by atoms with E-state index in [1.165, 1.54) is 17.0 Å². The summed E-state index contributed by atoms with van der Waals surface area (Å²) in [6.07, 6.45) is 0.298. The summed E-state index contributed by atoms with van der Waals surface area (Å²) in [4.78, 5) is 28.1. The molecule has 2 atom stereocenters. The van der Waals surface area contributed by atoms with Crippen LogP contribution in [0.4, 0.5) is 10.5 Å². The standard InChI is InChI=1S/C20H23N3O3/c1-14(15-6-4-3-5-7-15)23-13-16(12-19(23)25)21-20(26)22(2)17-8-10-18(24)11-9-17/h3-11,14,16,24H,12-13H2,1-2H3,(H,21,26). The third-order valence-corrected chi connectivity index (χ3v) is 4.78. The number of benzene rings is 2. The lowest BCUT2D eigenvalue weighted by Crippen LogP contribution is -2.44. The van der Waals surface area contributed by atoms with E-state index in [9.17, 15) is 14.7 Å². The number of carbonyl (C=O) groups excluding carboxylic acids is 2. The first kappa shape index (κ1) is 17.8. The van der Waals surface area contributed by atoms with Gasteiger partial charge in [-0.2, -0.15) is 0 Å². The van der Waals surface area contributed by atoms with E-state index < -0.39 is 0 Å². The Morgan fingerprint density at radius 2 is 1.85 bits per heavy atom. The van der Waals surface area contributed by atoms with Crippen LogP contribution in [-0.2, 0) is 4.79 Å². The van der Waals surface area contributed by atoms with Crippen LogP contribution in [0.25, 0.3) is 0 Å². The van der Waals surface area contributed by atoms with Gasteiger partial charge in [0.1, 0.15) is 5.75 Å². The number of aromatic hydroxyl groups is 1. The Bertz CT molecular complexity index is 777. The van der Waals surface area contributed by atoms with Crippen molar-refractivity contribution in [2.45, 2.75) is 25.4 Å². The zero-order valence-electron chi connectivity index (χ0n) is 14.9. The number of likely N-dealkylation sites (tertiary alicyclic amines) is 1. The Morgan fingerprint density at radius 1 is 1.19 bits per heavy atom. The molecule has 0 saturated carbocycles. The molecular formula is C20H23N3O3. The molecule has 0 aromatic heterocycles. The van der Waals surface area contributed by atoms with Gasteiger partial charge in [-0.15, -0.1) is 0 Å². The summed E-state index contributed by atoms with van der Waals surface area (Å²) in [6, 6.07) is 15.7. The van der Waals surface area contributed by atoms with Gasteiger partial charge in [0.15, 0.2) is 0 Å². The topological polar surface area (TPSA) is 72.9 Å². The molecule has 1 heterocycles. The average molecular weight is 353 g/mol. The van der Waals surface area contributed by atoms with E-state index in [0.29, 0.717) is 18.7 Å². The normalized spacial score (nSPS) is 17.8. The third-order valence-electron chi connectivity index (χ3n) is 4.78. The number of phenolic OH excluding ortho intramolecular Hbond substituents is 1. The number of nitrogens with zero attached hydrogens (tertiary/aromatic N) is 2. The SMILES string of the molecule is CC(c1ccccc1)N1CC(NC(=O)N(C)c2ccc(O)cc2)CC1=O. The van der Waals surface area contributed by atoms with Crippen molar-refractivity contribution < 1.29 is 14.7 Å². The first-order chi connectivity index (χ1) is 12.5. The predicted octanol–water partition coefficient (Wildman–Crippen LogP) is 2.90. The molecule has 2 aromatic carbocycles.